The molecule has 1 aliphatic rings. The first-order valence-electron chi connectivity index (χ1n) is 3.86. The van der Waals surface area contributed by atoms with Gasteiger partial charge in [0.1, 0.15) is 0 Å². The molecular formula is C10H11O. The van der Waals surface area contributed by atoms with Gasteiger partial charge in [-0.2, -0.15) is 0 Å². The van der Waals surface area contributed by atoms with Crippen molar-refractivity contribution in [1.82, 2.24) is 0 Å². The lowest BCUT2D eigenvalue weighted by Crippen LogP contribution is -1.90. The van der Waals surface area contributed by atoms with Crippen LogP contribution in [0.3, 0.4) is 0 Å². The van der Waals surface area contributed by atoms with Crippen LogP contribution in [0.5, 0.6) is 0 Å². The third-order valence-corrected chi connectivity index (χ3v) is 2.06. The first-order valence-corrected chi connectivity index (χ1v) is 3.86. The molecule has 1 unspecified atom stereocenters. The van der Waals surface area contributed by atoms with Crippen molar-refractivity contribution >= 4 is 0 Å². The van der Waals surface area contributed by atoms with E-state index in [1.54, 1.807) is 7.11 Å². The van der Waals surface area contributed by atoms with E-state index in [1.807, 2.05) is 6.07 Å². The molecule has 1 aromatic carbocycles. The highest BCUT2D eigenvalue weighted by molar-refractivity contribution is 5.41. The highest BCUT2D eigenvalue weighted by Gasteiger charge is 2.39. The molecule has 0 spiro atoms. The second kappa shape index (κ2) is 2.67. The summed E-state index contributed by atoms with van der Waals surface area (Å²) in [6.45, 7) is 0. The van der Waals surface area contributed by atoms with Crippen LogP contribution in [0.25, 0.3) is 0 Å². The summed E-state index contributed by atoms with van der Waals surface area (Å²) in [6.07, 6.45) is 1.51. The molecule has 1 nitrogen and oxygen atoms in total. The molecule has 1 fully saturated rings. The number of ether oxygens (including phenoxy) is 1. The van der Waals surface area contributed by atoms with E-state index < -0.39 is 0 Å². The van der Waals surface area contributed by atoms with Crippen molar-refractivity contribution < 1.29 is 4.74 Å². The largest absolute Gasteiger partial charge is 0.380 e. The topological polar surface area (TPSA) is 9.23 Å². The third kappa shape index (κ3) is 1.29. The summed E-state index contributed by atoms with van der Waals surface area (Å²) in [4.78, 5) is 0. The predicted molar refractivity (Wildman–Crippen MR) is 44.2 cm³/mol. The Morgan fingerprint density at radius 1 is 1.27 bits per heavy atom. The Hall–Kier alpha value is -0.820. The van der Waals surface area contributed by atoms with Crippen LogP contribution in [0.4, 0.5) is 0 Å². The monoisotopic (exact) mass is 147 g/mol. The third-order valence-electron chi connectivity index (χ3n) is 2.06. The van der Waals surface area contributed by atoms with E-state index in [-0.39, 0.29) is 0 Å². The normalized spacial score (nSPS) is 23.5. The number of methoxy groups -OCH3 is 1. The summed E-state index contributed by atoms with van der Waals surface area (Å²) in [7, 11) is 1.76. The molecule has 0 aliphatic heterocycles. The van der Waals surface area contributed by atoms with Crippen LogP contribution in [-0.2, 0) is 4.74 Å². The molecule has 57 valence electrons. The minimum absolute atomic E-state index is 0.400. The van der Waals surface area contributed by atoms with Crippen molar-refractivity contribution in [1.29, 1.82) is 0 Å². The first-order chi connectivity index (χ1) is 5.42. The zero-order chi connectivity index (χ0) is 7.68. The quantitative estimate of drug-likeness (QED) is 0.622. The number of hydrogen-bond acceptors (Lipinski definition) is 1. The van der Waals surface area contributed by atoms with Crippen molar-refractivity contribution in [3.8, 4) is 0 Å². The summed E-state index contributed by atoms with van der Waals surface area (Å²) in [5, 5.41) is 0. The van der Waals surface area contributed by atoms with Gasteiger partial charge in [-0.25, -0.2) is 0 Å². The van der Waals surface area contributed by atoms with Crippen LogP contribution in [0.1, 0.15) is 12.0 Å². The van der Waals surface area contributed by atoms with Gasteiger partial charge in [-0.05, 0) is 12.0 Å². The van der Waals surface area contributed by atoms with Gasteiger partial charge in [0.15, 0.2) is 0 Å². The Bertz CT molecular complexity index is 230. The molecule has 0 aromatic heterocycles. The standard InChI is InChI=1S/C10H11O/c1-11-10-7-9(10)8-5-3-2-4-6-8/h2-6,10H,7H2,1H3. The van der Waals surface area contributed by atoms with E-state index >= 15 is 0 Å². The van der Waals surface area contributed by atoms with E-state index in [1.165, 1.54) is 11.5 Å². The summed E-state index contributed by atoms with van der Waals surface area (Å²) < 4.78 is 5.19. The molecule has 0 amide bonds. The van der Waals surface area contributed by atoms with Crippen molar-refractivity contribution in [2.45, 2.75) is 12.5 Å². The molecule has 11 heavy (non-hydrogen) atoms. The van der Waals surface area contributed by atoms with E-state index in [4.69, 9.17) is 4.74 Å². The van der Waals surface area contributed by atoms with Crippen LogP contribution in [0.2, 0.25) is 0 Å². The number of hydrogen-bond donors (Lipinski definition) is 0. The fourth-order valence-corrected chi connectivity index (χ4v) is 1.32. The van der Waals surface area contributed by atoms with Gasteiger partial charge in [0.05, 0.1) is 6.10 Å². The van der Waals surface area contributed by atoms with Gasteiger partial charge < -0.3 is 4.74 Å². The highest BCUT2D eigenvalue weighted by Crippen LogP contribution is 2.41. The number of benzene rings is 1. The summed E-state index contributed by atoms with van der Waals surface area (Å²) >= 11 is 0. The molecule has 0 saturated heterocycles. The Morgan fingerprint density at radius 3 is 2.55 bits per heavy atom. The second-order valence-electron chi connectivity index (χ2n) is 2.82. The van der Waals surface area contributed by atoms with Gasteiger partial charge >= 0.3 is 0 Å². The van der Waals surface area contributed by atoms with Crippen LogP contribution in [0, 0.1) is 5.92 Å². The van der Waals surface area contributed by atoms with Crippen molar-refractivity contribution in [3.05, 3.63) is 41.8 Å². The predicted octanol–water partition coefficient (Wildman–Crippen LogP) is 2.03. The fraction of sp³-hybridized carbons (Fsp3) is 0.300. The van der Waals surface area contributed by atoms with Crippen LogP contribution in [0.15, 0.2) is 30.3 Å². The lowest BCUT2D eigenvalue weighted by Gasteiger charge is -1.96. The van der Waals surface area contributed by atoms with E-state index in [0.717, 1.165) is 6.42 Å². The molecule has 1 aliphatic carbocycles. The SMILES string of the molecule is COC1C[C]1c1ccccc1. The molecule has 0 heterocycles. The molecular weight excluding hydrogens is 136 g/mol. The maximum atomic E-state index is 5.19. The smallest absolute Gasteiger partial charge is 0.0688 e. The second-order valence-corrected chi connectivity index (χ2v) is 2.82. The van der Waals surface area contributed by atoms with Crippen molar-refractivity contribution in [3.63, 3.8) is 0 Å². The first kappa shape index (κ1) is 6.86. The molecule has 0 N–H and O–H groups in total. The molecule has 1 saturated carbocycles. The molecule has 0 bridgehead atoms. The molecule has 2 rings (SSSR count). The lowest BCUT2D eigenvalue weighted by atomic mass is 10.1. The Labute approximate surface area is 67.0 Å². The maximum absolute atomic E-state index is 5.19. The Morgan fingerprint density at radius 2 is 2.00 bits per heavy atom. The van der Waals surface area contributed by atoms with Gasteiger partial charge in [-0.3, -0.25) is 0 Å². The molecule has 1 radical (unpaired) electrons. The van der Waals surface area contributed by atoms with Gasteiger partial charge in [0, 0.05) is 13.0 Å². The maximum Gasteiger partial charge on any atom is 0.0688 e. The van der Waals surface area contributed by atoms with Gasteiger partial charge in [0.25, 0.3) is 0 Å². The van der Waals surface area contributed by atoms with Crippen molar-refractivity contribution in [2.75, 3.05) is 7.11 Å². The minimum atomic E-state index is 0.400. The Kier molecular flexibility index (Phi) is 1.66. The summed E-state index contributed by atoms with van der Waals surface area (Å²) in [5.74, 6) is 1.44. The van der Waals surface area contributed by atoms with E-state index in [0.29, 0.717) is 6.10 Å². The Balaban J connectivity index is 2.09. The highest BCUT2D eigenvalue weighted by atomic mass is 16.5. The van der Waals surface area contributed by atoms with Crippen LogP contribution >= 0.6 is 0 Å². The number of rotatable bonds is 2. The van der Waals surface area contributed by atoms with Gasteiger partial charge in [0.2, 0.25) is 0 Å². The van der Waals surface area contributed by atoms with Crippen LogP contribution in [-0.4, -0.2) is 13.2 Å². The average Bonchev–Trinajstić information content (AvgIpc) is 2.85. The molecule has 1 aromatic rings. The van der Waals surface area contributed by atoms with Gasteiger partial charge in [-0.15, -0.1) is 0 Å². The zero-order valence-electron chi connectivity index (χ0n) is 6.58. The summed E-state index contributed by atoms with van der Waals surface area (Å²) in [5.41, 5.74) is 1.33. The van der Waals surface area contributed by atoms with E-state index in [2.05, 4.69) is 24.3 Å². The zero-order valence-corrected chi connectivity index (χ0v) is 6.58. The van der Waals surface area contributed by atoms with Crippen LogP contribution < -0.4 is 0 Å². The molecule has 1 heteroatoms. The minimum Gasteiger partial charge on any atom is -0.380 e. The molecule has 1 atom stereocenters. The lowest BCUT2D eigenvalue weighted by molar-refractivity contribution is 0.188. The van der Waals surface area contributed by atoms with Gasteiger partial charge in [-0.1, -0.05) is 30.3 Å². The summed E-state index contributed by atoms with van der Waals surface area (Å²) in [6, 6.07) is 10.4. The van der Waals surface area contributed by atoms with Crippen molar-refractivity contribution in [2.24, 2.45) is 0 Å². The average molecular weight is 147 g/mol. The fourth-order valence-electron chi connectivity index (χ4n) is 1.32. The van der Waals surface area contributed by atoms with E-state index in [9.17, 15) is 0 Å².